The van der Waals surface area contributed by atoms with Gasteiger partial charge in [0.05, 0.1) is 49.8 Å². The smallest absolute Gasteiger partial charge is 0.406 e. The molecule has 96 heavy (non-hydrogen) atoms. The van der Waals surface area contributed by atoms with Crippen molar-refractivity contribution in [3.05, 3.63) is 24.7 Å². The molecule has 47 heteroatoms. The fourth-order valence-electron chi connectivity index (χ4n) is 9.64. The number of carbonyl (C=O) groups excluding carboxylic acids is 2. The summed E-state index contributed by atoms with van der Waals surface area (Å²) in [4.78, 5) is 51.4. The van der Waals surface area contributed by atoms with E-state index in [2.05, 4.69) is 33.2 Å². The van der Waals surface area contributed by atoms with E-state index < -0.39 is 107 Å². The van der Waals surface area contributed by atoms with Crippen LogP contribution in [-0.4, -0.2) is 245 Å². The third kappa shape index (κ3) is 38.4. The van der Waals surface area contributed by atoms with Crippen LogP contribution in [0.3, 0.4) is 0 Å². The maximum Gasteiger partial charge on any atom is 0.536 e. The molecule has 7 rings (SSSR count). The summed E-state index contributed by atoms with van der Waals surface area (Å²) in [5.74, 6) is 0.838. The molecular weight excluding hydrogens is 1500 g/mol. The number of carbonyl (C=O) groups is 2. The second kappa shape index (κ2) is 43.0. The van der Waals surface area contributed by atoms with E-state index in [1.54, 1.807) is 20.8 Å². The molecule has 0 amide bonds. The van der Waals surface area contributed by atoms with Gasteiger partial charge in [0, 0.05) is 43.9 Å². The van der Waals surface area contributed by atoms with E-state index in [0.29, 0.717) is 37.0 Å². The molecule has 546 valence electrons. The van der Waals surface area contributed by atoms with Crippen LogP contribution in [0, 0.1) is 29.6 Å². The van der Waals surface area contributed by atoms with E-state index in [-0.39, 0.29) is 104 Å². The Balaban J connectivity index is 0. The second-order valence-electron chi connectivity index (χ2n) is 23.2. The van der Waals surface area contributed by atoms with Crippen LogP contribution in [0.15, 0.2) is 24.7 Å². The van der Waals surface area contributed by atoms with E-state index in [0.717, 1.165) is 32.0 Å². The van der Waals surface area contributed by atoms with Crippen molar-refractivity contribution in [2.75, 3.05) is 26.0 Å². The summed E-state index contributed by atoms with van der Waals surface area (Å²) in [6.45, 7) is 20.9. The van der Waals surface area contributed by atoms with Gasteiger partial charge in [0.25, 0.3) is 0 Å². The number of alkyl halides is 3. The number of phosphoric ester groups is 2. The van der Waals surface area contributed by atoms with Gasteiger partial charge in [-0.25, -0.2) is 13.7 Å². The fourth-order valence-corrected chi connectivity index (χ4v) is 18.2. The average Bonchev–Trinajstić information content (AvgIpc) is 1.24. The van der Waals surface area contributed by atoms with E-state index >= 15 is 0 Å². The predicted molar refractivity (Wildman–Crippen MR) is 367 cm³/mol. The number of Topliss-reactive ketones (excluding diaryl/α,β-unsaturated/α-hetero) is 1. The van der Waals surface area contributed by atoms with Crippen LogP contribution < -0.4 is 0 Å². The van der Waals surface area contributed by atoms with Crippen LogP contribution >= 0.6 is 105 Å². The maximum absolute atomic E-state index is 13.0. The summed E-state index contributed by atoms with van der Waals surface area (Å²) < 4.78 is 107. The number of aliphatic hydroxyl groups is 5. The van der Waals surface area contributed by atoms with Crippen molar-refractivity contribution in [3.63, 3.8) is 0 Å². The first-order chi connectivity index (χ1) is 43.2. The van der Waals surface area contributed by atoms with Crippen molar-refractivity contribution in [3.8, 4) is 0 Å². The number of aldehydes is 1. The van der Waals surface area contributed by atoms with Crippen molar-refractivity contribution in [2.45, 2.75) is 214 Å². The molecule has 14 radical (unpaired) electrons. The quantitative estimate of drug-likeness (QED) is 0.0192. The predicted octanol–water partition coefficient (Wildman–Crippen LogP) is 6.58. The van der Waals surface area contributed by atoms with Gasteiger partial charge >= 0.3 is 202 Å². The molecule has 0 saturated carbocycles. The molecule has 0 aromatic heterocycles. The Hall–Kier alpha value is 1.09. The van der Waals surface area contributed by atoms with Gasteiger partial charge in [0.2, 0.25) is 0 Å². The summed E-state index contributed by atoms with van der Waals surface area (Å²) in [6.07, 6.45) is 0.765. The standard InChI is InChI=1S/C11H17BCl6O5P2.C7H13BO2.2C7H11BO2.C6H12BO12P3.C6H11BO2.C5H9BO3.FH.H2/c1-4-25(16,17,18)23-24(19,20-6-11(13,14)15)22-8(3)10-7(2)5-9(12)21-10;2*1-4-3-6(8)10-7(4)5(2)9;1-5-4-7(8)10-6(5)2-3-9;1-3(6-4(8)2-5(7)16-6)17-21(12,13)19-22(14,15)18-20(9,10)11;1-4-2-6(7)9-5(4)3-8;6-5-1-3(8)4(2-7)9-5;;/h7,9-10H,3-6H2,1-2H3;4-7,9H,3H2,1-2H3;4,6-7H,3H2,1-2H3;3,5-7H,2,4H2,1H3;4-6,8H,1-2H2,(H,12,13)(H,14,15)(H2,9,10,11);4-6,8H,2-3H2,1H3;3-5,7-8H,1-2H2;2*1H/t7-,9-,10+,24?;4-,5?,6-,7+;4-,6-,7+;5-,6-,7-;2*4-,5-,6-;3-,4-,5-;;/m1111111../s1/i;;;;;;;;1+2. The Morgan fingerprint density at radius 2 is 1.01 bits per heavy atom. The number of phosphoric acid groups is 4. The number of hydrogen-bond acceptors (Lipinski definition) is 24. The van der Waals surface area contributed by atoms with E-state index in [1.165, 1.54) is 0 Å². The van der Waals surface area contributed by atoms with Crippen LogP contribution in [0.4, 0.5) is 4.70 Å². The fraction of sp³-hybridized carbons (Fsp3) is 0.878. The van der Waals surface area contributed by atoms with Crippen LogP contribution in [0.25, 0.3) is 0 Å². The molecule has 7 aliphatic heterocycles. The molecule has 0 bridgehead atoms. The van der Waals surface area contributed by atoms with Gasteiger partial charge in [-0.1, -0.05) is 34.3 Å². The van der Waals surface area contributed by atoms with Crippen LogP contribution in [0.1, 0.15) is 108 Å². The molecule has 4 unspecified atom stereocenters. The average molecular weight is 1590 g/mol. The third-order valence-corrected chi connectivity index (χ3v) is 26.0. The topological polar surface area (TPSA) is 404 Å². The molecule has 7 saturated heterocycles. The SMILES string of the molecule is F.[3HH].[B][C@H]1C[C@@H](C)[C@@H](C(=C)OP(=O)(OCC(Cl)(Cl)Cl)OP(Cl)(Cl)(Cl)CC)O1.[B][C@H]1C[C@@H](C)[C@@H](C(C)=O)O1.[B][C@H]1C[C@@H](C)[C@@H](C(C)O)O1.[B][C@H]1C[C@@H](C)[C@@H](CC=O)O1.[B][C@H]1C[C@@H](C)[C@@H](CO)O1.[B][C@H]1C[C@@H](O)[C@@H](C(=C)OP(=O)(O)OP(=O)(O)OP(=O)(O)O)O1.[B][C@H]1C[C@@H](O)[C@@H](CO)O1. The molecule has 0 aromatic rings. The Labute approximate surface area is 600 Å². The third-order valence-electron chi connectivity index (χ3n) is 14.2. The Morgan fingerprint density at radius 3 is 1.31 bits per heavy atom. The Kier molecular flexibility index (Phi) is 43.5. The normalized spacial score (nSPS) is 35.7. The van der Waals surface area contributed by atoms with E-state index in [4.69, 9.17) is 205 Å². The molecule has 25 atom stereocenters. The number of hydrogen-bond donors (Lipinski definition) is 9. The largest absolute Gasteiger partial charge is 0.536 e. The number of ketones is 1. The van der Waals surface area contributed by atoms with Crippen LogP contribution in [-0.2, 0) is 87.5 Å². The zero-order chi connectivity index (χ0) is 73.8. The van der Waals surface area contributed by atoms with E-state index in [9.17, 15) is 37.8 Å². The first kappa shape index (κ1) is 97.1. The molecule has 0 spiro atoms. The zero-order valence-electron chi connectivity index (χ0n) is 53.9. The molecule has 0 aliphatic carbocycles. The van der Waals surface area contributed by atoms with Crippen molar-refractivity contribution < 1.29 is 139 Å². The van der Waals surface area contributed by atoms with Gasteiger partial charge in [-0.2, -0.15) is 8.62 Å². The second-order valence-corrected chi connectivity index (χ2v) is 42.4. The summed E-state index contributed by atoms with van der Waals surface area (Å²) >= 11 is 34.9. The minimum Gasteiger partial charge on any atom is -0.406 e. The van der Waals surface area contributed by atoms with Gasteiger partial charge in [0.15, 0.2) is 5.78 Å². The molecule has 7 heterocycles. The summed E-state index contributed by atoms with van der Waals surface area (Å²) in [5.41, 5.74) is 0. The van der Waals surface area contributed by atoms with Crippen LogP contribution in [0.5, 0.6) is 0 Å². The number of aliphatic hydroxyl groups excluding tert-OH is 5. The monoisotopic (exact) mass is 1590 g/mol. The minimum atomic E-state index is -5.62. The van der Waals surface area contributed by atoms with E-state index in [1.807, 2.05) is 27.7 Å². The van der Waals surface area contributed by atoms with Crippen molar-refractivity contribution >= 4 is 172 Å². The van der Waals surface area contributed by atoms with Crippen molar-refractivity contribution in [2.24, 2.45) is 29.6 Å². The van der Waals surface area contributed by atoms with Gasteiger partial charge in [0.1, 0.15) is 77.4 Å². The summed E-state index contributed by atoms with van der Waals surface area (Å²) in [7, 11) is 17.4. The van der Waals surface area contributed by atoms with Crippen LogP contribution in [0.2, 0.25) is 0 Å². The summed E-state index contributed by atoms with van der Waals surface area (Å²) in [6, 6.07) is -2.51. The first-order valence-corrected chi connectivity index (χ1v) is 41.5. The maximum atomic E-state index is 13.0. The Bertz CT molecular complexity index is 2570. The summed E-state index contributed by atoms with van der Waals surface area (Å²) in [5, 5.41) is 44.9. The number of halogens is 7. The molecule has 0 aromatic carbocycles. The van der Waals surface area contributed by atoms with Crippen molar-refractivity contribution in [1.29, 1.82) is 0 Å². The first-order valence-electron chi connectivity index (χ1n) is 29.4. The molecular formula is C49H87B7Cl6FO28P5. The Morgan fingerprint density at radius 1 is 0.615 bits per heavy atom. The number of ether oxygens (including phenoxy) is 7. The zero-order valence-corrected chi connectivity index (χ0v) is 62.9. The van der Waals surface area contributed by atoms with Crippen molar-refractivity contribution in [1.82, 2.24) is 0 Å². The molecule has 9 N–H and O–H groups in total. The molecule has 7 aliphatic rings. The molecule has 7 fully saturated rings. The minimum absolute atomic E-state index is 0. The number of rotatable bonds is 21. The molecule has 28 nitrogen and oxygen atoms in total. The van der Waals surface area contributed by atoms with Gasteiger partial charge in [-0.3, -0.25) is 14.4 Å². The van der Waals surface area contributed by atoms with Gasteiger partial charge < -0.3 is 78.0 Å². The van der Waals surface area contributed by atoms with Gasteiger partial charge in [-0.15, -0.1) is 0 Å². The van der Waals surface area contributed by atoms with Gasteiger partial charge in [-0.05, 0) is 76.0 Å².